The number of aromatic nitrogens is 1. The van der Waals surface area contributed by atoms with Crippen molar-refractivity contribution >= 4 is 23.5 Å². The summed E-state index contributed by atoms with van der Waals surface area (Å²) in [7, 11) is 0. The minimum Gasteiger partial charge on any atom is -0.492 e. The summed E-state index contributed by atoms with van der Waals surface area (Å²) in [4.78, 5) is 26.6. The SMILES string of the molecule is Cc1c(COc2cc(OCc3cncc(C#N)c3)c(CNC(C)C(=O)O)cc2Cl)cccc1-c1cccc(-c2ccc(OCCNC(C)C(=O)O)c(C(F)(F)F)c2)c1C. The first kappa shape index (κ1) is 44.0. The van der Waals surface area contributed by atoms with Crippen molar-refractivity contribution in [2.24, 2.45) is 0 Å². The number of ether oxygens (including phenoxy) is 3. The quantitative estimate of drug-likeness (QED) is 0.0625. The number of benzene rings is 4. The Morgan fingerprint density at radius 1 is 0.797 bits per heavy atom. The van der Waals surface area contributed by atoms with Gasteiger partial charge in [-0.05, 0) is 90.9 Å². The van der Waals surface area contributed by atoms with E-state index < -0.39 is 35.8 Å². The van der Waals surface area contributed by atoms with Gasteiger partial charge in [0.1, 0.15) is 55.2 Å². The normalized spacial score (nSPS) is 12.3. The number of halogens is 4. The topological polar surface area (TPSA) is 163 Å². The molecule has 2 unspecified atom stereocenters. The molecule has 0 saturated heterocycles. The summed E-state index contributed by atoms with van der Waals surface area (Å²) < 4.78 is 60.7. The molecule has 0 fully saturated rings. The summed E-state index contributed by atoms with van der Waals surface area (Å²) in [5.41, 5.74) is 5.70. The van der Waals surface area contributed by atoms with Crippen LogP contribution in [0.3, 0.4) is 0 Å². The number of nitrogens with one attached hydrogen (secondary N) is 2. The second-order valence-electron chi connectivity index (χ2n) is 13.7. The van der Waals surface area contributed by atoms with Crippen molar-refractivity contribution in [1.82, 2.24) is 15.6 Å². The van der Waals surface area contributed by atoms with E-state index in [0.29, 0.717) is 39.3 Å². The average Bonchev–Trinajstić information content (AvgIpc) is 3.20. The maximum absolute atomic E-state index is 14.3. The lowest BCUT2D eigenvalue weighted by molar-refractivity contribution is -0.140. The third-order valence-electron chi connectivity index (χ3n) is 9.63. The molecule has 1 aromatic heterocycles. The van der Waals surface area contributed by atoms with Gasteiger partial charge in [-0.1, -0.05) is 54.1 Å². The third kappa shape index (κ3) is 11.3. The number of carboxylic acid groups (broad SMARTS) is 2. The molecule has 0 aliphatic heterocycles. The summed E-state index contributed by atoms with van der Waals surface area (Å²) in [6.45, 7) is 6.88. The highest BCUT2D eigenvalue weighted by Crippen LogP contribution is 2.41. The number of aliphatic carboxylic acids is 2. The van der Waals surface area contributed by atoms with Gasteiger partial charge in [0.15, 0.2) is 0 Å². The lowest BCUT2D eigenvalue weighted by atomic mass is 9.89. The number of hydrogen-bond acceptors (Lipinski definition) is 9. The van der Waals surface area contributed by atoms with Crippen LogP contribution >= 0.6 is 11.6 Å². The predicted molar refractivity (Wildman–Crippen MR) is 215 cm³/mol. The van der Waals surface area contributed by atoms with Crippen molar-refractivity contribution in [3.05, 3.63) is 129 Å². The summed E-state index contributed by atoms with van der Waals surface area (Å²) in [5.74, 6) is -1.78. The van der Waals surface area contributed by atoms with E-state index in [4.69, 9.17) is 30.9 Å². The standard InChI is InChI=1S/C44H42ClF3N4O7/c1-25-32(24-59-41-18-40(58-23-30-15-29(19-49)20-50-21-30)33(17-38(41)45)22-52-28(4)43(55)56)7-5-9-35(25)36-10-6-8-34(26(36)2)31-11-12-39(37(16-31)44(46,47)48)57-14-13-51-27(3)42(53)54/h5-12,15-18,20-21,27-28,51-52H,13-14,22-24H2,1-4H3,(H,53,54)(H,55,56). The molecule has 0 amide bonds. The molecular weight excluding hydrogens is 789 g/mol. The van der Waals surface area contributed by atoms with Gasteiger partial charge < -0.3 is 35.1 Å². The van der Waals surface area contributed by atoms with Gasteiger partial charge in [0, 0.05) is 42.7 Å². The molecule has 1 heterocycles. The summed E-state index contributed by atoms with van der Waals surface area (Å²) in [6.07, 6.45) is -1.70. The van der Waals surface area contributed by atoms with E-state index in [9.17, 15) is 33.1 Å². The fraction of sp³-hybridized carbons (Fsp3) is 0.273. The number of pyridine rings is 1. The predicted octanol–water partition coefficient (Wildman–Crippen LogP) is 8.74. The molecule has 4 N–H and O–H groups in total. The molecule has 5 aromatic rings. The number of hydrogen-bond donors (Lipinski definition) is 4. The van der Waals surface area contributed by atoms with Crippen LogP contribution in [0.4, 0.5) is 13.2 Å². The van der Waals surface area contributed by atoms with Crippen molar-refractivity contribution in [1.29, 1.82) is 5.26 Å². The van der Waals surface area contributed by atoms with E-state index in [-0.39, 0.29) is 43.7 Å². The van der Waals surface area contributed by atoms with Crippen molar-refractivity contribution < 1.29 is 47.2 Å². The maximum atomic E-state index is 14.3. The monoisotopic (exact) mass is 830 g/mol. The molecule has 4 aromatic carbocycles. The summed E-state index contributed by atoms with van der Waals surface area (Å²) in [6, 6.07) is 20.3. The van der Waals surface area contributed by atoms with Gasteiger partial charge in [-0.15, -0.1) is 0 Å². The molecule has 0 aliphatic rings. The zero-order valence-corrected chi connectivity index (χ0v) is 33.4. The molecule has 2 atom stereocenters. The van der Waals surface area contributed by atoms with Crippen LogP contribution in [-0.2, 0) is 35.5 Å². The first-order valence-corrected chi connectivity index (χ1v) is 18.8. The van der Waals surface area contributed by atoms with E-state index in [1.807, 2.05) is 44.2 Å². The Hall–Kier alpha value is -6.14. The third-order valence-corrected chi connectivity index (χ3v) is 9.93. The number of rotatable bonds is 18. The van der Waals surface area contributed by atoms with E-state index >= 15 is 0 Å². The Balaban J connectivity index is 1.38. The van der Waals surface area contributed by atoms with Crippen LogP contribution in [0.2, 0.25) is 5.02 Å². The molecular formula is C44H42ClF3N4O7. The average molecular weight is 831 g/mol. The first-order valence-electron chi connectivity index (χ1n) is 18.4. The number of carbonyl (C=O) groups is 2. The Bertz CT molecular complexity index is 2370. The second kappa shape index (κ2) is 19.5. The fourth-order valence-electron chi connectivity index (χ4n) is 6.19. The molecule has 15 heteroatoms. The lowest BCUT2D eigenvalue weighted by Crippen LogP contribution is -2.36. The molecule has 0 spiro atoms. The molecule has 0 radical (unpaired) electrons. The fourth-order valence-corrected chi connectivity index (χ4v) is 6.43. The lowest BCUT2D eigenvalue weighted by Gasteiger charge is -2.19. The van der Waals surface area contributed by atoms with Gasteiger partial charge in [0.25, 0.3) is 0 Å². The molecule has 5 rings (SSSR count). The van der Waals surface area contributed by atoms with E-state index in [1.165, 1.54) is 26.1 Å². The Labute approximate surface area is 344 Å². The first-order chi connectivity index (χ1) is 28.1. The second-order valence-corrected chi connectivity index (χ2v) is 14.1. The highest BCUT2D eigenvalue weighted by atomic mass is 35.5. The van der Waals surface area contributed by atoms with Gasteiger partial charge >= 0.3 is 18.1 Å². The minimum absolute atomic E-state index is 0.0393. The number of nitrogens with zero attached hydrogens (tertiary/aromatic N) is 2. The van der Waals surface area contributed by atoms with Crippen molar-refractivity contribution in [2.75, 3.05) is 13.2 Å². The van der Waals surface area contributed by atoms with E-state index in [0.717, 1.165) is 33.9 Å². The van der Waals surface area contributed by atoms with Crippen LogP contribution in [0.25, 0.3) is 22.3 Å². The highest BCUT2D eigenvalue weighted by Gasteiger charge is 2.35. The van der Waals surface area contributed by atoms with Crippen LogP contribution in [0, 0.1) is 25.2 Å². The van der Waals surface area contributed by atoms with Gasteiger partial charge in [-0.2, -0.15) is 18.4 Å². The molecule has 0 bridgehead atoms. The van der Waals surface area contributed by atoms with Gasteiger partial charge in [0.05, 0.1) is 16.1 Å². The molecule has 59 heavy (non-hydrogen) atoms. The van der Waals surface area contributed by atoms with Crippen LogP contribution in [0.15, 0.2) is 85.2 Å². The smallest absolute Gasteiger partial charge is 0.419 e. The Kier molecular flexibility index (Phi) is 14.6. The zero-order chi connectivity index (χ0) is 42.9. The van der Waals surface area contributed by atoms with Gasteiger partial charge in [0.2, 0.25) is 0 Å². The number of carboxylic acids is 2. The van der Waals surface area contributed by atoms with Crippen LogP contribution in [0.1, 0.15) is 52.8 Å². The summed E-state index contributed by atoms with van der Waals surface area (Å²) >= 11 is 6.70. The van der Waals surface area contributed by atoms with E-state index in [1.54, 1.807) is 42.6 Å². The Morgan fingerprint density at radius 2 is 1.46 bits per heavy atom. The van der Waals surface area contributed by atoms with Crippen molar-refractivity contribution in [3.8, 4) is 45.6 Å². The van der Waals surface area contributed by atoms with Crippen LogP contribution < -0.4 is 24.8 Å². The Morgan fingerprint density at radius 3 is 2.15 bits per heavy atom. The number of nitriles is 1. The van der Waals surface area contributed by atoms with Crippen LogP contribution in [-0.4, -0.2) is 52.4 Å². The largest absolute Gasteiger partial charge is 0.492 e. The van der Waals surface area contributed by atoms with E-state index in [2.05, 4.69) is 15.6 Å². The summed E-state index contributed by atoms with van der Waals surface area (Å²) in [5, 5.41) is 33.5. The molecule has 0 saturated carbocycles. The van der Waals surface area contributed by atoms with Crippen LogP contribution in [0.5, 0.6) is 17.2 Å². The molecule has 11 nitrogen and oxygen atoms in total. The maximum Gasteiger partial charge on any atom is 0.419 e. The van der Waals surface area contributed by atoms with Crippen molar-refractivity contribution in [3.63, 3.8) is 0 Å². The molecule has 308 valence electrons. The molecule has 0 aliphatic carbocycles. The zero-order valence-electron chi connectivity index (χ0n) is 32.6. The highest BCUT2D eigenvalue weighted by molar-refractivity contribution is 6.32. The van der Waals surface area contributed by atoms with Crippen molar-refractivity contribution in [2.45, 2.75) is 65.7 Å². The van der Waals surface area contributed by atoms with Gasteiger partial charge in [-0.3, -0.25) is 14.6 Å². The van der Waals surface area contributed by atoms with Gasteiger partial charge in [-0.25, -0.2) is 0 Å². The number of alkyl halides is 3. The minimum atomic E-state index is -4.71.